The molecule has 1 aliphatic heterocycles. The number of rotatable bonds is 7. The summed E-state index contributed by atoms with van der Waals surface area (Å²) in [6.07, 6.45) is 6.90. The van der Waals surface area contributed by atoms with Gasteiger partial charge in [-0.25, -0.2) is 4.79 Å². The number of nitrogens with one attached hydrogen (secondary N) is 2. The van der Waals surface area contributed by atoms with E-state index in [1.54, 1.807) is 7.11 Å². The zero-order chi connectivity index (χ0) is 21.5. The second kappa shape index (κ2) is 10.4. The minimum absolute atomic E-state index is 0.112. The molecule has 1 heterocycles. The predicted octanol–water partition coefficient (Wildman–Crippen LogP) is 4.48. The van der Waals surface area contributed by atoms with Crippen molar-refractivity contribution in [2.45, 2.75) is 57.2 Å². The fourth-order valence-electron chi connectivity index (χ4n) is 4.44. The summed E-state index contributed by atoms with van der Waals surface area (Å²) in [7, 11) is 1.68. The molecule has 2 aromatic rings. The first-order chi connectivity index (χ1) is 15.2. The van der Waals surface area contributed by atoms with Crippen LogP contribution >= 0.6 is 0 Å². The number of urea groups is 1. The maximum absolute atomic E-state index is 12.5. The van der Waals surface area contributed by atoms with Crippen molar-refractivity contribution in [3.63, 3.8) is 0 Å². The predicted molar refractivity (Wildman–Crippen MR) is 123 cm³/mol. The van der Waals surface area contributed by atoms with Crippen LogP contribution in [-0.2, 0) is 6.54 Å². The number of piperidine rings is 1. The van der Waals surface area contributed by atoms with Gasteiger partial charge in [0.05, 0.1) is 13.2 Å². The molecule has 6 heteroatoms. The zero-order valence-corrected chi connectivity index (χ0v) is 18.3. The largest absolute Gasteiger partial charge is 0.497 e. The van der Waals surface area contributed by atoms with Crippen LogP contribution in [0.4, 0.5) is 10.5 Å². The van der Waals surface area contributed by atoms with Gasteiger partial charge in [-0.05, 0) is 68.9 Å². The Kier molecular flexibility index (Phi) is 7.18. The summed E-state index contributed by atoms with van der Waals surface area (Å²) in [4.78, 5) is 14.8. The van der Waals surface area contributed by atoms with Gasteiger partial charge < -0.3 is 25.0 Å². The standard InChI is InChI=1S/C25H33N3O3/c1-30-22-12-10-21(11-13-22)28-16-14-20(15-17-28)27-25(29)26-18-19-6-2-5-9-24(19)31-23-7-3-4-8-23/h2,5-6,9-13,20,23H,3-4,7-8,14-18H2,1H3,(H2,26,27,29). The Morgan fingerprint density at radius 3 is 2.42 bits per heavy atom. The summed E-state index contributed by atoms with van der Waals surface area (Å²) in [6, 6.07) is 16.2. The lowest BCUT2D eigenvalue weighted by Crippen LogP contribution is -2.47. The number of nitrogens with zero attached hydrogens (tertiary/aromatic N) is 1. The van der Waals surface area contributed by atoms with Gasteiger partial charge in [-0.3, -0.25) is 0 Å². The molecule has 6 nitrogen and oxygen atoms in total. The smallest absolute Gasteiger partial charge is 0.315 e. The maximum atomic E-state index is 12.5. The molecule has 1 saturated heterocycles. The number of ether oxygens (including phenoxy) is 2. The van der Waals surface area contributed by atoms with Crippen LogP contribution in [0.25, 0.3) is 0 Å². The Hall–Kier alpha value is -2.89. The first-order valence-electron chi connectivity index (χ1n) is 11.4. The average molecular weight is 424 g/mol. The Morgan fingerprint density at radius 1 is 1.00 bits per heavy atom. The molecular weight excluding hydrogens is 390 g/mol. The van der Waals surface area contributed by atoms with E-state index in [9.17, 15) is 4.79 Å². The van der Waals surface area contributed by atoms with Crippen LogP contribution in [-0.4, -0.2) is 38.4 Å². The van der Waals surface area contributed by atoms with Gasteiger partial charge in [0.25, 0.3) is 0 Å². The van der Waals surface area contributed by atoms with Gasteiger partial charge in [-0.1, -0.05) is 18.2 Å². The van der Waals surface area contributed by atoms with E-state index < -0.39 is 0 Å². The zero-order valence-electron chi connectivity index (χ0n) is 18.3. The lowest BCUT2D eigenvalue weighted by molar-refractivity contribution is 0.207. The van der Waals surface area contributed by atoms with E-state index in [2.05, 4.69) is 27.7 Å². The van der Waals surface area contributed by atoms with E-state index in [0.29, 0.717) is 12.6 Å². The van der Waals surface area contributed by atoms with Gasteiger partial charge in [0.2, 0.25) is 0 Å². The Balaban J connectivity index is 1.22. The molecule has 1 saturated carbocycles. The van der Waals surface area contributed by atoms with Gasteiger partial charge in [0, 0.05) is 36.9 Å². The van der Waals surface area contributed by atoms with Crippen molar-refractivity contribution >= 4 is 11.7 Å². The molecule has 0 radical (unpaired) electrons. The van der Waals surface area contributed by atoms with Crippen LogP contribution in [0, 0.1) is 0 Å². The number of hydrogen-bond acceptors (Lipinski definition) is 4. The van der Waals surface area contributed by atoms with E-state index in [1.165, 1.54) is 18.5 Å². The van der Waals surface area contributed by atoms with Gasteiger partial charge in [0.15, 0.2) is 0 Å². The maximum Gasteiger partial charge on any atom is 0.315 e. The number of carbonyl (C=O) groups is 1. The van der Waals surface area contributed by atoms with Crippen LogP contribution < -0.4 is 25.0 Å². The SMILES string of the molecule is COc1ccc(N2CCC(NC(=O)NCc3ccccc3OC3CCCC3)CC2)cc1. The summed E-state index contributed by atoms with van der Waals surface area (Å²) in [5.74, 6) is 1.76. The van der Waals surface area contributed by atoms with Crippen LogP contribution in [0.1, 0.15) is 44.1 Å². The van der Waals surface area contributed by atoms with Crippen molar-refractivity contribution < 1.29 is 14.3 Å². The van der Waals surface area contributed by atoms with Crippen molar-refractivity contribution in [2.24, 2.45) is 0 Å². The molecule has 0 unspecified atom stereocenters. The summed E-state index contributed by atoms with van der Waals surface area (Å²) < 4.78 is 11.4. The highest BCUT2D eigenvalue weighted by Gasteiger charge is 2.21. The van der Waals surface area contributed by atoms with E-state index >= 15 is 0 Å². The Labute approximate surface area is 184 Å². The highest BCUT2D eigenvalue weighted by molar-refractivity contribution is 5.74. The first-order valence-corrected chi connectivity index (χ1v) is 11.4. The normalized spacial score (nSPS) is 17.4. The summed E-state index contributed by atoms with van der Waals surface area (Å²) in [5.41, 5.74) is 2.22. The van der Waals surface area contributed by atoms with Crippen molar-refractivity contribution in [2.75, 3.05) is 25.1 Å². The molecule has 2 N–H and O–H groups in total. The molecule has 2 fully saturated rings. The van der Waals surface area contributed by atoms with Crippen LogP contribution in [0.3, 0.4) is 0 Å². The van der Waals surface area contributed by atoms with Crippen LogP contribution in [0.15, 0.2) is 48.5 Å². The monoisotopic (exact) mass is 423 g/mol. The number of para-hydroxylation sites is 1. The molecule has 1 aliphatic carbocycles. The third-order valence-corrected chi connectivity index (χ3v) is 6.28. The van der Waals surface area contributed by atoms with E-state index in [0.717, 1.165) is 55.8 Å². The highest BCUT2D eigenvalue weighted by Crippen LogP contribution is 2.27. The molecule has 166 valence electrons. The lowest BCUT2D eigenvalue weighted by Gasteiger charge is -2.34. The number of benzene rings is 2. The van der Waals surface area contributed by atoms with E-state index in [4.69, 9.17) is 9.47 Å². The third-order valence-electron chi connectivity index (χ3n) is 6.28. The second-order valence-electron chi connectivity index (χ2n) is 8.42. The summed E-state index contributed by atoms with van der Waals surface area (Å²) in [5, 5.41) is 6.14. The molecule has 0 bridgehead atoms. The van der Waals surface area contributed by atoms with Crippen LogP contribution in [0.5, 0.6) is 11.5 Å². The van der Waals surface area contributed by atoms with E-state index in [1.807, 2.05) is 36.4 Å². The first kappa shape index (κ1) is 21.3. The molecule has 0 aromatic heterocycles. The third kappa shape index (κ3) is 5.84. The van der Waals surface area contributed by atoms with Crippen LogP contribution in [0.2, 0.25) is 0 Å². The molecule has 2 aliphatic rings. The molecule has 2 amide bonds. The van der Waals surface area contributed by atoms with Crippen molar-refractivity contribution in [3.8, 4) is 11.5 Å². The number of anilines is 1. The quantitative estimate of drug-likeness (QED) is 0.689. The number of methoxy groups -OCH3 is 1. The van der Waals surface area contributed by atoms with Gasteiger partial charge in [-0.15, -0.1) is 0 Å². The number of hydrogen-bond donors (Lipinski definition) is 2. The van der Waals surface area contributed by atoms with Gasteiger partial charge >= 0.3 is 6.03 Å². The lowest BCUT2D eigenvalue weighted by atomic mass is 10.0. The fourth-order valence-corrected chi connectivity index (χ4v) is 4.44. The van der Waals surface area contributed by atoms with Crippen molar-refractivity contribution in [1.82, 2.24) is 10.6 Å². The number of carbonyl (C=O) groups excluding carboxylic acids is 1. The molecule has 2 aromatic carbocycles. The highest BCUT2D eigenvalue weighted by atomic mass is 16.5. The fraction of sp³-hybridized carbons (Fsp3) is 0.480. The molecule has 31 heavy (non-hydrogen) atoms. The van der Waals surface area contributed by atoms with Gasteiger partial charge in [-0.2, -0.15) is 0 Å². The van der Waals surface area contributed by atoms with Crippen molar-refractivity contribution in [3.05, 3.63) is 54.1 Å². The minimum Gasteiger partial charge on any atom is -0.497 e. The molecule has 0 spiro atoms. The minimum atomic E-state index is -0.112. The average Bonchev–Trinajstić information content (AvgIpc) is 3.32. The molecular formula is C25H33N3O3. The van der Waals surface area contributed by atoms with E-state index in [-0.39, 0.29) is 12.1 Å². The Bertz CT molecular complexity index is 841. The van der Waals surface area contributed by atoms with Crippen molar-refractivity contribution in [1.29, 1.82) is 0 Å². The Morgan fingerprint density at radius 2 is 1.71 bits per heavy atom. The molecule has 0 atom stereocenters. The number of amides is 2. The summed E-state index contributed by atoms with van der Waals surface area (Å²) in [6.45, 7) is 2.32. The summed E-state index contributed by atoms with van der Waals surface area (Å²) >= 11 is 0. The topological polar surface area (TPSA) is 62.8 Å². The second-order valence-corrected chi connectivity index (χ2v) is 8.42. The van der Waals surface area contributed by atoms with Gasteiger partial charge in [0.1, 0.15) is 11.5 Å². The molecule has 4 rings (SSSR count).